The maximum atomic E-state index is 10.5. The van der Waals surface area contributed by atoms with E-state index in [1.165, 1.54) is 5.51 Å². The summed E-state index contributed by atoms with van der Waals surface area (Å²) in [7, 11) is 0. The van der Waals surface area contributed by atoms with Crippen molar-refractivity contribution in [2.24, 2.45) is 5.73 Å². The van der Waals surface area contributed by atoms with Gasteiger partial charge in [0.05, 0.1) is 0 Å². The van der Waals surface area contributed by atoms with Gasteiger partial charge in [0.15, 0.2) is 5.82 Å². The average Bonchev–Trinajstić information content (AvgIpc) is 2.40. The molecule has 1 aromatic rings. The third kappa shape index (κ3) is 1.72. The van der Waals surface area contributed by atoms with E-state index in [0.717, 1.165) is 11.5 Å². The Kier molecular flexibility index (Phi) is 2.50. The minimum absolute atomic E-state index is 0.0338. The SMILES string of the molecule is NCC(C(=O)O)c1ncsn1. The van der Waals surface area contributed by atoms with Crippen molar-refractivity contribution in [2.45, 2.75) is 5.92 Å². The number of aliphatic carboxylic acids is 1. The normalized spacial score (nSPS) is 12.8. The summed E-state index contributed by atoms with van der Waals surface area (Å²) in [6.45, 7) is 0.0338. The summed E-state index contributed by atoms with van der Waals surface area (Å²) in [5.41, 5.74) is 6.70. The van der Waals surface area contributed by atoms with Crippen molar-refractivity contribution in [3.05, 3.63) is 11.3 Å². The number of carboxylic acid groups (broad SMARTS) is 1. The highest BCUT2D eigenvalue weighted by molar-refractivity contribution is 7.03. The standard InChI is InChI=1S/C5H7N3O2S/c6-1-3(5(9)10)4-7-2-11-8-4/h2-3H,1,6H2,(H,9,10). The second-order valence-corrected chi connectivity index (χ2v) is 2.52. The molecule has 0 aliphatic carbocycles. The monoisotopic (exact) mass is 173 g/mol. The molecule has 3 N–H and O–H groups in total. The minimum Gasteiger partial charge on any atom is -0.481 e. The van der Waals surface area contributed by atoms with Gasteiger partial charge >= 0.3 is 5.97 Å². The highest BCUT2D eigenvalue weighted by Crippen LogP contribution is 2.09. The van der Waals surface area contributed by atoms with Crippen LogP contribution in [0.3, 0.4) is 0 Å². The molecule has 0 saturated carbocycles. The molecule has 0 radical (unpaired) electrons. The van der Waals surface area contributed by atoms with Gasteiger partial charge in [-0.3, -0.25) is 4.79 Å². The number of rotatable bonds is 3. The van der Waals surface area contributed by atoms with Crippen molar-refractivity contribution in [3.8, 4) is 0 Å². The first-order valence-corrected chi connectivity index (χ1v) is 3.78. The molecule has 11 heavy (non-hydrogen) atoms. The van der Waals surface area contributed by atoms with Crippen LogP contribution in [0.5, 0.6) is 0 Å². The van der Waals surface area contributed by atoms with Crippen molar-refractivity contribution in [3.63, 3.8) is 0 Å². The molecule has 0 aromatic carbocycles. The van der Waals surface area contributed by atoms with Crippen LogP contribution in [0.4, 0.5) is 0 Å². The smallest absolute Gasteiger partial charge is 0.315 e. The summed E-state index contributed by atoms with van der Waals surface area (Å²) in [6, 6.07) is 0. The molecule has 1 atom stereocenters. The molecular weight excluding hydrogens is 166 g/mol. The Bertz CT molecular complexity index is 236. The summed E-state index contributed by atoms with van der Waals surface area (Å²) in [5, 5.41) is 8.59. The molecule has 6 heteroatoms. The van der Waals surface area contributed by atoms with E-state index in [0.29, 0.717) is 5.82 Å². The molecule has 0 fully saturated rings. The van der Waals surface area contributed by atoms with E-state index in [2.05, 4.69) is 9.36 Å². The zero-order valence-corrected chi connectivity index (χ0v) is 6.41. The van der Waals surface area contributed by atoms with Gasteiger partial charge in [0, 0.05) is 6.54 Å². The Morgan fingerprint density at radius 1 is 1.91 bits per heavy atom. The lowest BCUT2D eigenvalue weighted by Crippen LogP contribution is -2.22. The van der Waals surface area contributed by atoms with E-state index < -0.39 is 11.9 Å². The molecule has 1 heterocycles. The first kappa shape index (κ1) is 8.09. The second-order valence-electron chi connectivity index (χ2n) is 1.92. The maximum Gasteiger partial charge on any atom is 0.315 e. The van der Waals surface area contributed by atoms with Crippen LogP contribution in [-0.4, -0.2) is 27.0 Å². The maximum absolute atomic E-state index is 10.5. The Morgan fingerprint density at radius 2 is 2.64 bits per heavy atom. The van der Waals surface area contributed by atoms with Gasteiger partial charge in [-0.05, 0) is 11.5 Å². The van der Waals surface area contributed by atoms with Crippen LogP contribution in [-0.2, 0) is 4.79 Å². The predicted molar refractivity (Wildman–Crippen MR) is 39.3 cm³/mol. The van der Waals surface area contributed by atoms with E-state index in [1.807, 2.05) is 0 Å². The number of hydrogen-bond donors (Lipinski definition) is 2. The molecule has 0 bridgehead atoms. The number of aromatic nitrogens is 2. The van der Waals surface area contributed by atoms with Gasteiger partial charge in [0.1, 0.15) is 11.4 Å². The van der Waals surface area contributed by atoms with Crippen LogP contribution in [0.15, 0.2) is 5.51 Å². The molecule has 1 aromatic heterocycles. The lowest BCUT2D eigenvalue weighted by atomic mass is 10.1. The zero-order valence-electron chi connectivity index (χ0n) is 5.60. The molecular formula is C5H7N3O2S. The fraction of sp³-hybridized carbons (Fsp3) is 0.400. The number of hydrogen-bond acceptors (Lipinski definition) is 5. The van der Waals surface area contributed by atoms with E-state index in [9.17, 15) is 4.79 Å². The number of nitrogens with two attached hydrogens (primary N) is 1. The van der Waals surface area contributed by atoms with Gasteiger partial charge in [0.25, 0.3) is 0 Å². The van der Waals surface area contributed by atoms with Gasteiger partial charge in [-0.2, -0.15) is 4.37 Å². The zero-order chi connectivity index (χ0) is 8.27. The minimum atomic E-state index is -0.981. The summed E-state index contributed by atoms with van der Waals surface area (Å²) in [5.74, 6) is -1.45. The third-order valence-corrected chi connectivity index (χ3v) is 1.72. The van der Waals surface area contributed by atoms with Crippen molar-refractivity contribution in [2.75, 3.05) is 6.54 Å². The number of carboxylic acids is 1. The third-order valence-electron chi connectivity index (χ3n) is 1.22. The van der Waals surface area contributed by atoms with Crippen LogP contribution in [0, 0.1) is 0 Å². The predicted octanol–water partition coefficient (Wildman–Crippen LogP) is -0.335. The van der Waals surface area contributed by atoms with Crippen LogP contribution >= 0.6 is 11.5 Å². The molecule has 0 aliphatic heterocycles. The average molecular weight is 173 g/mol. The quantitative estimate of drug-likeness (QED) is 0.653. The second kappa shape index (κ2) is 3.40. The van der Waals surface area contributed by atoms with Gasteiger partial charge in [-0.15, -0.1) is 0 Å². The molecule has 0 aliphatic rings. The lowest BCUT2D eigenvalue weighted by Gasteiger charge is -2.02. The summed E-state index contributed by atoms with van der Waals surface area (Å²) in [4.78, 5) is 14.2. The van der Waals surface area contributed by atoms with Crippen LogP contribution in [0.1, 0.15) is 11.7 Å². The first-order chi connectivity index (χ1) is 5.25. The topological polar surface area (TPSA) is 89.1 Å². The highest BCUT2D eigenvalue weighted by Gasteiger charge is 2.20. The van der Waals surface area contributed by atoms with Crippen molar-refractivity contribution in [1.82, 2.24) is 9.36 Å². The van der Waals surface area contributed by atoms with Gasteiger partial charge in [-0.25, -0.2) is 4.98 Å². The van der Waals surface area contributed by atoms with Crippen LogP contribution in [0.2, 0.25) is 0 Å². The molecule has 5 nitrogen and oxygen atoms in total. The Morgan fingerprint density at radius 3 is 3.00 bits per heavy atom. The summed E-state index contributed by atoms with van der Waals surface area (Å²) < 4.78 is 3.78. The van der Waals surface area contributed by atoms with Gasteiger partial charge in [-0.1, -0.05) is 0 Å². The molecule has 60 valence electrons. The Labute approximate surface area is 67.0 Å². The van der Waals surface area contributed by atoms with Crippen LogP contribution < -0.4 is 5.73 Å². The van der Waals surface area contributed by atoms with E-state index in [1.54, 1.807) is 0 Å². The van der Waals surface area contributed by atoms with E-state index in [4.69, 9.17) is 10.8 Å². The summed E-state index contributed by atoms with van der Waals surface area (Å²) in [6.07, 6.45) is 0. The van der Waals surface area contributed by atoms with Crippen molar-refractivity contribution >= 4 is 17.5 Å². The van der Waals surface area contributed by atoms with Crippen molar-refractivity contribution in [1.29, 1.82) is 0 Å². The molecule has 0 saturated heterocycles. The Balaban J connectivity index is 2.79. The van der Waals surface area contributed by atoms with Gasteiger partial charge < -0.3 is 10.8 Å². The molecule has 1 rings (SSSR count). The van der Waals surface area contributed by atoms with E-state index in [-0.39, 0.29) is 6.54 Å². The Hall–Kier alpha value is -1.01. The fourth-order valence-corrected chi connectivity index (χ4v) is 1.13. The molecule has 0 spiro atoms. The number of carbonyl (C=O) groups is 1. The summed E-state index contributed by atoms with van der Waals surface area (Å²) >= 11 is 1.12. The van der Waals surface area contributed by atoms with E-state index >= 15 is 0 Å². The molecule has 1 unspecified atom stereocenters. The largest absolute Gasteiger partial charge is 0.481 e. The van der Waals surface area contributed by atoms with Crippen molar-refractivity contribution < 1.29 is 9.90 Å². The molecule has 0 amide bonds. The van der Waals surface area contributed by atoms with Gasteiger partial charge in [0.2, 0.25) is 0 Å². The fourth-order valence-electron chi connectivity index (χ4n) is 0.649. The highest BCUT2D eigenvalue weighted by atomic mass is 32.1. The van der Waals surface area contributed by atoms with Crippen LogP contribution in [0.25, 0.3) is 0 Å². The number of nitrogens with zero attached hydrogens (tertiary/aromatic N) is 2. The lowest BCUT2D eigenvalue weighted by molar-refractivity contribution is -0.138. The first-order valence-electron chi connectivity index (χ1n) is 2.95.